The van der Waals surface area contributed by atoms with Crippen LogP contribution in [0.5, 0.6) is 0 Å². The van der Waals surface area contributed by atoms with Gasteiger partial charge in [0.25, 0.3) is 15.2 Å². The summed E-state index contributed by atoms with van der Waals surface area (Å²) in [6, 6.07) is -0.378. The van der Waals surface area contributed by atoms with E-state index in [0.29, 0.717) is 32.1 Å². The van der Waals surface area contributed by atoms with Crippen molar-refractivity contribution < 1.29 is 13.2 Å². The largest absolute Gasteiger partial charge is 0.346 e. The van der Waals surface area contributed by atoms with Crippen molar-refractivity contribution in [3.63, 3.8) is 0 Å². The number of sulfonamides is 1. The molecule has 0 fully saturated rings. The fourth-order valence-corrected chi connectivity index (χ4v) is 3.72. The fourth-order valence-electron chi connectivity index (χ4n) is 2.25. The lowest BCUT2D eigenvalue weighted by Gasteiger charge is -2.20. The molecule has 1 aromatic rings. The highest BCUT2D eigenvalue weighted by molar-refractivity contribution is 7.88. The molecule has 0 saturated carbocycles. The molecule has 1 aromatic heterocycles. The van der Waals surface area contributed by atoms with E-state index in [0.717, 1.165) is 30.3 Å². The molecule has 0 saturated heterocycles. The number of unbranched alkanes of at least 4 members (excludes halogenated alkanes) is 2. The monoisotopic (exact) mass is 379 g/mol. The van der Waals surface area contributed by atoms with Crippen LogP contribution in [0.25, 0.3) is 0 Å². The Kier molecular flexibility index (Phi) is 8.65. The number of carbonyl (C=O) groups is 1. The predicted octanol–water partition coefficient (Wildman–Crippen LogP) is 2.01. The zero-order valence-corrected chi connectivity index (χ0v) is 16.1. The maximum Gasteiger partial charge on any atom is 0.346 e. The minimum Gasteiger partial charge on any atom is -0.323 e. The Morgan fingerprint density at radius 1 is 1.17 bits per heavy atom. The van der Waals surface area contributed by atoms with Gasteiger partial charge in [-0.3, -0.25) is 0 Å². The average molecular weight is 380 g/mol. The van der Waals surface area contributed by atoms with Gasteiger partial charge in [-0.1, -0.05) is 20.3 Å². The highest BCUT2D eigenvalue weighted by atomic mass is 35.5. The van der Waals surface area contributed by atoms with Crippen molar-refractivity contribution in [3.05, 3.63) is 6.33 Å². The Bertz CT molecular complexity index is 616. The van der Waals surface area contributed by atoms with Crippen LogP contribution in [-0.2, 0) is 10.0 Å². The smallest absolute Gasteiger partial charge is 0.323 e. The minimum atomic E-state index is -3.77. The third-order valence-electron chi connectivity index (χ3n) is 3.66. The number of carbonyl (C=O) groups excluding carboxylic acids is 1. The van der Waals surface area contributed by atoms with Gasteiger partial charge in [-0.05, 0) is 19.8 Å². The topological polar surface area (TPSA) is 88.4 Å². The van der Waals surface area contributed by atoms with Gasteiger partial charge >= 0.3 is 6.03 Å². The van der Waals surface area contributed by atoms with E-state index in [1.807, 2.05) is 6.92 Å². The first kappa shape index (κ1) is 20.9. The zero-order valence-electron chi connectivity index (χ0n) is 14.5. The molecular weight excluding hydrogens is 354 g/mol. The second kappa shape index (κ2) is 9.95. The van der Waals surface area contributed by atoms with Gasteiger partial charge < -0.3 is 4.90 Å². The molecule has 0 spiro atoms. The quantitative estimate of drug-likeness (QED) is 0.458. The summed E-state index contributed by atoms with van der Waals surface area (Å²) in [6.07, 6.45) is 3.83. The fraction of sp³-hybridized carbons (Fsp3) is 0.786. The molecule has 24 heavy (non-hydrogen) atoms. The molecule has 10 heteroatoms. The number of hydrogen-bond acceptors (Lipinski definition) is 5. The van der Waals surface area contributed by atoms with Gasteiger partial charge in [0.05, 0.1) is 0 Å². The molecule has 0 atom stereocenters. The van der Waals surface area contributed by atoms with Crippen LogP contribution in [0.4, 0.5) is 4.79 Å². The number of amides is 1. The minimum absolute atomic E-state index is 0.322. The number of aromatic nitrogens is 3. The highest BCUT2D eigenvalue weighted by Crippen LogP contribution is 2.10. The summed E-state index contributed by atoms with van der Waals surface area (Å²) in [5.74, 6) is 0.607. The van der Waals surface area contributed by atoms with E-state index in [9.17, 15) is 13.2 Å². The molecule has 0 N–H and O–H groups in total. The highest BCUT2D eigenvalue weighted by Gasteiger charge is 2.27. The van der Waals surface area contributed by atoms with E-state index in [-0.39, 0.29) is 11.2 Å². The van der Waals surface area contributed by atoms with Crippen molar-refractivity contribution in [1.29, 1.82) is 0 Å². The summed E-state index contributed by atoms with van der Waals surface area (Å²) < 4.78 is 27.0. The van der Waals surface area contributed by atoms with Crippen molar-refractivity contribution in [2.45, 2.75) is 45.2 Å². The first-order valence-electron chi connectivity index (χ1n) is 8.19. The van der Waals surface area contributed by atoms with E-state index in [2.05, 4.69) is 10.1 Å². The number of halogens is 1. The molecule has 0 unspecified atom stereocenters. The molecule has 1 rings (SSSR count). The lowest BCUT2D eigenvalue weighted by molar-refractivity contribution is 0.197. The Morgan fingerprint density at radius 3 is 2.38 bits per heavy atom. The summed E-state index contributed by atoms with van der Waals surface area (Å²) >= 11 is 5.64. The van der Waals surface area contributed by atoms with E-state index in [4.69, 9.17) is 11.6 Å². The van der Waals surface area contributed by atoms with Crippen LogP contribution in [0.15, 0.2) is 11.5 Å². The Hall–Kier alpha value is -1.19. The summed E-state index contributed by atoms with van der Waals surface area (Å²) in [7, 11) is -3.77. The molecule has 0 aliphatic heterocycles. The molecular formula is C14H26ClN5O3S. The maximum absolute atomic E-state index is 12.4. The molecule has 1 amide bonds. The van der Waals surface area contributed by atoms with Gasteiger partial charge in [-0.2, -0.15) is 8.99 Å². The second-order valence-electron chi connectivity index (χ2n) is 5.17. The van der Waals surface area contributed by atoms with Gasteiger partial charge in [0.15, 0.2) is 0 Å². The number of hydrogen-bond donors (Lipinski definition) is 0. The molecule has 0 bridgehead atoms. The van der Waals surface area contributed by atoms with E-state index in [1.54, 1.807) is 18.7 Å². The van der Waals surface area contributed by atoms with Crippen molar-refractivity contribution >= 4 is 27.7 Å². The first-order chi connectivity index (χ1) is 11.4. The first-order valence-corrected chi connectivity index (χ1v) is 10.2. The lowest BCUT2D eigenvalue weighted by Crippen LogP contribution is -2.36. The number of alkyl halides is 1. The molecule has 0 aliphatic carbocycles. The summed E-state index contributed by atoms with van der Waals surface area (Å²) in [4.78, 5) is 17.9. The standard InChI is InChI=1S/C14H26ClN5O3S/c1-4-18(11-9-7-8-10-15)14(21)20-12-16-13(17-20)24(22,23)19(5-2)6-3/h12H,4-11H2,1-3H3. The number of nitrogens with zero attached hydrogens (tertiary/aromatic N) is 5. The van der Waals surface area contributed by atoms with Crippen molar-refractivity contribution in [2.75, 3.05) is 32.1 Å². The van der Waals surface area contributed by atoms with Gasteiger partial charge in [0, 0.05) is 32.1 Å². The molecule has 1 heterocycles. The SMILES string of the molecule is CCN(CCCCCCl)C(=O)n1cnc(S(=O)(=O)N(CC)CC)n1. The Balaban J connectivity index is 2.84. The summed E-state index contributed by atoms with van der Waals surface area (Å²) in [5, 5.41) is 3.53. The van der Waals surface area contributed by atoms with Crippen LogP contribution >= 0.6 is 11.6 Å². The van der Waals surface area contributed by atoms with Crippen LogP contribution in [0.2, 0.25) is 0 Å². The zero-order chi connectivity index (χ0) is 18.2. The van der Waals surface area contributed by atoms with Crippen LogP contribution in [0.3, 0.4) is 0 Å². The molecule has 138 valence electrons. The normalized spacial score (nSPS) is 11.9. The Morgan fingerprint density at radius 2 is 1.83 bits per heavy atom. The van der Waals surface area contributed by atoms with Gasteiger partial charge in [-0.15, -0.1) is 16.7 Å². The van der Waals surface area contributed by atoms with Crippen LogP contribution in [0, 0.1) is 0 Å². The van der Waals surface area contributed by atoms with Crippen molar-refractivity contribution in [1.82, 2.24) is 24.0 Å². The molecule has 0 radical (unpaired) electrons. The second-order valence-corrected chi connectivity index (χ2v) is 7.38. The van der Waals surface area contributed by atoms with Crippen molar-refractivity contribution in [3.8, 4) is 0 Å². The van der Waals surface area contributed by atoms with E-state index in [1.165, 1.54) is 4.31 Å². The van der Waals surface area contributed by atoms with Crippen molar-refractivity contribution in [2.24, 2.45) is 0 Å². The van der Waals surface area contributed by atoms with E-state index >= 15 is 0 Å². The average Bonchev–Trinajstić information content (AvgIpc) is 3.06. The Labute approximate surface area is 148 Å². The van der Waals surface area contributed by atoms with Crippen LogP contribution in [0.1, 0.15) is 40.0 Å². The molecule has 0 aromatic carbocycles. The van der Waals surface area contributed by atoms with Gasteiger partial charge in [0.1, 0.15) is 6.33 Å². The number of rotatable bonds is 10. The molecule has 8 nitrogen and oxygen atoms in total. The third-order valence-corrected chi connectivity index (χ3v) is 5.77. The third kappa shape index (κ3) is 5.15. The lowest BCUT2D eigenvalue weighted by atomic mass is 10.2. The van der Waals surface area contributed by atoms with E-state index < -0.39 is 10.0 Å². The molecule has 0 aliphatic rings. The predicted molar refractivity (Wildman–Crippen MR) is 92.7 cm³/mol. The summed E-state index contributed by atoms with van der Waals surface area (Å²) in [6.45, 7) is 7.07. The van der Waals surface area contributed by atoms with Crippen LogP contribution < -0.4 is 0 Å². The van der Waals surface area contributed by atoms with Crippen LogP contribution in [-0.4, -0.2) is 70.5 Å². The van der Waals surface area contributed by atoms with Gasteiger partial charge in [0.2, 0.25) is 0 Å². The maximum atomic E-state index is 12.4. The summed E-state index contributed by atoms with van der Waals surface area (Å²) in [5.41, 5.74) is 0. The van der Waals surface area contributed by atoms with Gasteiger partial charge in [-0.25, -0.2) is 18.2 Å².